The van der Waals surface area contributed by atoms with Crippen molar-refractivity contribution >= 4 is 11.7 Å². The van der Waals surface area contributed by atoms with Crippen LogP contribution in [0.1, 0.15) is 27.2 Å². The lowest BCUT2D eigenvalue weighted by Gasteiger charge is -2.21. The molecule has 80 valence electrons. The Kier molecular flexibility index (Phi) is 3.92. The number of aliphatic imine (C=N–C) groups is 1. The van der Waals surface area contributed by atoms with Gasteiger partial charge >= 0.3 is 0 Å². The fourth-order valence-electron chi connectivity index (χ4n) is 1.48. The molecular formula is C10H19N3O. The number of nitrogens with one attached hydrogen (secondary N) is 2. The first-order valence-corrected chi connectivity index (χ1v) is 5.22. The van der Waals surface area contributed by atoms with E-state index in [1.54, 1.807) is 0 Å². The molecule has 0 saturated heterocycles. The van der Waals surface area contributed by atoms with Gasteiger partial charge in [-0.15, -0.1) is 0 Å². The zero-order valence-corrected chi connectivity index (χ0v) is 9.13. The standard InChI is InChI=1S/C10H19N3O/c1-4-8(14)9(7(2)3)13-10-11-5-6-12-10/h7,9H,4-6H2,1-3H3,(H2,11,12,13)/t9-/m0/s1. The van der Waals surface area contributed by atoms with E-state index in [0.29, 0.717) is 12.3 Å². The van der Waals surface area contributed by atoms with Crippen LogP contribution in [0.5, 0.6) is 0 Å². The van der Waals surface area contributed by atoms with Gasteiger partial charge < -0.3 is 10.6 Å². The van der Waals surface area contributed by atoms with E-state index in [1.165, 1.54) is 0 Å². The second-order valence-corrected chi connectivity index (χ2v) is 3.84. The van der Waals surface area contributed by atoms with Gasteiger partial charge in [0.05, 0.1) is 12.6 Å². The Morgan fingerprint density at radius 2 is 2.36 bits per heavy atom. The number of rotatable bonds is 4. The molecule has 0 unspecified atom stereocenters. The zero-order valence-electron chi connectivity index (χ0n) is 9.13. The highest BCUT2D eigenvalue weighted by molar-refractivity contribution is 5.90. The molecule has 0 bridgehead atoms. The maximum atomic E-state index is 11.6. The normalized spacial score (nSPS) is 17.6. The Bertz CT molecular complexity index is 236. The van der Waals surface area contributed by atoms with Gasteiger partial charge in [0.15, 0.2) is 11.7 Å². The largest absolute Gasteiger partial charge is 0.355 e. The van der Waals surface area contributed by atoms with Gasteiger partial charge in [-0.25, -0.2) is 0 Å². The highest BCUT2D eigenvalue weighted by Gasteiger charge is 2.22. The Hall–Kier alpha value is -1.06. The van der Waals surface area contributed by atoms with E-state index < -0.39 is 0 Å². The van der Waals surface area contributed by atoms with Crippen LogP contribution in [-0.2, 0) is 4.79 Å². The molecule has 0 saturated carbocycles. The van der Waals surface area contributed by atoms with Gasteiger partial charge in [0.2, 0.25) is 0 Å². The minimum atomic E-state index is -0.107. The quantitative estimate of drug-likeness (QED) is 0.691. The fraction of sp³-hybridized carbons (Fsp3) is 0.800. The van der Waals surface area contributed by atoms with Crippen molar-refractivity contribution in [1.82, 2.24) is 10.6 Å². The molecule has 0 spiro atoms. The number of carbonyl (C=O) groups is 1. The first-order chi connectivity index (χ1) is 6.65. The monoisotopic (exact) mass is 197 g/mol. The van der Waals surface area contributed by atoms with Gasteiger partial charge in [0.25, 0.3) is 0 Å². The van der Waals surface area contributed by atoms with Crippen LogP contribution in [0, 0.1) is 5.92 Å². The van der Waals surface area contributed by atoms with Gasteiger partial charge in [-0.2, -0.15) is 0 Å². The second kappa shape index (κ2) is 4.98. The van der Waals surface area contributed by atoms with Gasteiger partial charge in [-0.05, 0) is 5.92 Å². The SMILES string of the molecule is CCC(=O)[C@@H](NC1=NCCN1)C(C)C. The van der Waals surface area contributed by atoms with Crippen LogP contribution < -0.4 is 10.6 Å². The lowest BCUT2D eigenvalue weighted by Crippen LogP contribution is -2.47. The number of hydrogen-bond donors (Lipinski definition) is 2. The summed E-state index contributed by atoms with van der Waals surface area (Å²) in [6.45, 7) is 7.64. The summed E-state index contributed by atoms with van der Waals surface area (Å²) in [5.41, 5.74) is 0. The molecule has 0 aliphatic carbocycles. The summed E-state index contributed by atoms with van der Waals surface area (Å²) < 4.78 is 0. The van der Waals surface area contributed by atoms with Gasteiger partial charge in [0, 0.05) is 13.0 Å². The molecule has 1 aliphatic rings. The van der Waals surface area contributed by atoms with Crippen LogP contribution in [0.2, 0.25) is 0 Å². The molecule has 2 N–H and O–H groups in total. The predicted molar refractivity (Wildman–Crippen MR) is 57.4 cm³/mol. The Balaban J connectivity index is 2.54. The van der Waals surface area contributed by atoms with Crippen molar-refractivity contribution in [2.45, 2.75) is 33.2 Å². The minimum Gasteiger partial charge on any atom is -0.355 e. The summed E-state index contributed by atoms with van der Waals surface area (Å²) in [5.74, 6) is 1.31. The summed E-state index contributed by atoms with van der Waals surface area (Å²) in [7, 11) is 0. The van der Waals surface area contributed by atoms with Crippen molar-refractivity contribution in [1.29, 1.82) is 0 Å². The molecule has 1 heterocycles. The van der Waals surface area contributed by atoms with Gasteiger partial charge in [-0.3, -0.25) is 9.79 Å². The lowest BCUT2D eigenvalue weighted by molar-refractivity contribution is -0.121. The molecule has 1 aliphatic heterocycles. The predicted octanol–water partition coefficient (Wildman–Crippen LogP) is 0.539. The third-order valence-electron chi connectivity index (χ3n) is 2.33. The van der Waals surface area contributed by atoms with Crippen LogP contribution in [0.15, 0.2) is 4.99 Å². The van der Waals surface area contributed by atoms with E-state index in [-0.39, 0.29) is 11.8 Å². The molecule has 1 atom stereocenters. The number of Topliss-reactive ketones (excluding diaryl/α,β-unsaturated/α-hetero) is 1. The number of hydrogen-bond acceptors (Lipinski definition) is 4. The minimum absolute atomic E-state index is 0.107. The number of nitrogens with zero attached hydrogens (tertiary/aromatic N) is 1. The van der Waals surface area contributed by atoms with Crippen molar-refractivity contribution in [2.24, 2.45) is 10.9 Å². The van der Waals surface area contributed by atoms with Crippen LogP contribution in [-0.4, -0.2) is 30.9 Å². The summed E-state index contributed by atoms with van der Waals surface area (Å²) >= 11 is 0. The number of ketones is 1. The molecule has 14 heavy (non-hydrogen) atoms. The molecule has 0 fully saturated rings. The Labute approximate surface area is 85.2 Å². The third-order valence-corrected chi connectivity index (χ3v) is 2.33. The molecule has 0 aromatic heterocycles. The summed E-state index contributed by atoms with van der Waals surface area (Å²) in [6, 6.07) is -0.107. The number of guanidine groups is 1. The maximum Gasteiger partial charge on any atom is 0.191 e. The molecule has 1 rings (SSSR count). The van der Waals surface area contributed by atoms with Crippen LogP contribution in [0.4, 0.5) is 0 Å². The molecule has 0 radical (unpaired) electrons. The highest BCUT2D eigenvalue weighted by Crippen LogP contribution is 2.05. The second-order valence-electron chi connectivity index (χ2n) is 3.84. The topological polar surface area (TPSA) is 53.5 Å². The maximum absolute atomic E-state index is 11.6. The van der Waals surface area contributed by atoms with E-state index in [1.807, 2.05) is 20.8 Å². The van der Waals surface area contributed by atoms with Crippen molar-refractivity contribution in [3.05, 3.63) is 0 Å². The van der Waals surface area contributed by atoms with Crippen molar-refractivity contribution in [2.75, 3.05) is 13.1 Å². The third kappa shape index (κ3) is 2.72. The van der Waals surface area contributed by atoms with Crippen molar-refractivity contribution in [3.63, 3.8) is 0 Å². The van der Waals surface area contributed by atoms with E-state index in [2.05, 4.69) is 15.6 Å². The van der Waals surface area contributed by atoms with Crippen LogP contribution in [0.3, 0.4) is 0 Å². The molecule has 4 nitrogen and oxygen atoms in total. The summed E-state index contributed by atoms with van der Waals surface area (Å²) in [4.78, 5) is 15.8. The van der Waals surface area contributed by atoms with Crippen LogP contribution >= 0.6 is 0 Å². The van der Waals surface area contributed by atoms with Crippen molar-refractivity contribution in [3.8, 4) is 0 Å². The Morgan fingerprint density at radius 3 is 2.79 bits per heavy atom. The summed E-state index contributed by atoms with van der Waals surface area (Å²) in [5, 5.41) is 6.26. The smallest absolute Gasteiger partial charge is 0.191 e. The average molecular weight is 197 g/mol. The van der Waals surface area contributed by atoms with E-state index in [9.17, 15) is 4.79 Å². The van der Waals surface area contributed by atoms with Crippen LogP contribution in [0.25, 0.3) is 0 Å². The first-order valence-electron chi connectivity index (χ1n) is 5.22. The molecule has 0 aromatic carbocycles. The molecule has 4 heteroatoms. The molecular weight excluding hydrogens is 178 g/mol. The summed E-state index contributed by atoms with van der Waals surface area (Å²) in [6.07, 6.45) is 0.573. The number of carbonyl (C=O) groups excluding carboxylic acids is 1. The average Bonchev–Trinajstić information content (AvgIpc) is 2.65. The Morgan fingerprint density at radius 1 is 1.64 bits per heavy atom. The zero-order chi connectivity index (χ0) is 10.6. The van der Waals surface area contributed by atoms with Gasteiger partial charge in [0.1, 0.15) is 0 Å². The highest BCUT2D eigenvalue weighted by atomic mass is 16.1. The van der Waals surface area contributed by atoms with E-state index >= 15 is 0 Å². The molecule has 0 amide bonds. The van der Waals surface area contributed by atoms with Crippen molar-refractivity contribution < 1.29 is 4.79 Å². The van der Waals surface area contributed by atoms with E-state index in [4.69, 9.17) is 0 Å². The fourth-order valence-corrected chi connectivity index (χ4v) is 1.48. The molecule has 0 aromatic rings. The van der Waals surface area contributed by atoms with Gasteiger partial charge in [-0.1, -0.05) is 20.8 Å². The lowest BCUT2D eigenvalue weighted by atomic mass is 9.98. The van der Waals surface area contributed by atoms with E-state index in [0.717, 1.165) is 19.0 Å². The first kappa shape index (κ1) is 11.0.